The number of ketones is 1. The van der Waals surface area contributed by atoms with Gasteiger partial charge in [-0.2, -0.15) is 0 Å². The lowest BCUT2D eigenvalue weighted by Gasteiger charge is -2.07. The van der Waals surface area contributed by atoms with E-state index in [1.54, 1.807) is 25.2 Å². The van der Waals surface area contributed by atoms with Gasteiger partial charge in [-0.3, -0.25) is 14.4 Å². The van der Waals surface area contributed by atoms with Crippen molar-refractivity contribution in [3.63, 3.8) is 0 Å². The number of aryl methyl sites for hydroxylation is 1. The standard InChI is InChI=1S/C17H19N3O3S/c1-10-11(2)24-17(15(10)16(18)23)20-14(22)4-3-9-19-12-5-7-13(21)8-6-12/h3-7,19H,8-9H2,1-2H3,(H2,18,23)(H,20,22). The van der Waals surface area contributed by atoms with E-state index in [9.17, 15) is 14.4 Å². The lowest BCUT2D eigenvalue weighted by molar-refractivity contribution is -0.114. The van der Waals surface area contributed by atoms with Gasteiger partial charge in [0.15, 0.2) is 5.78 Å². The zero-order valence-corrected chi connectivity index (χ0v) is 14.3. The zero-order chi connectivity index (χ0) is 17.7. The van der Waals surface area contributed by atoms with Crippen molar-refractivity contribution in [3.8, 4) is 0 Å². The summed E-state index contributed by atoms with van der Waals surface area (Å²) in [6, 6.07) is 0. The van der Waals surface area contributed by atoms with Gasteiger partial charge in [0.25, 0.3) is 5.91 Å². The average molecular weight is 345 g/mol. The van der Waals surface area contributed by atoms with E-state index in [0.717, 1.165) is 16.1 Å². The molecule has 1 aromatic heterocycles. The maximum atomic E-state index is 12.0. The minimum atomic E-state index is -0.552. The van der Waals surface area contributed by atoms with Crippen molar-refractivity contribution in [3.05, 3.63) is 52.1 Å². The molecule has 0 saturated carbocycles. The highest BCUT2D eigenvalue weighted by Crippen LogP contribution is 2.31. The van der Waals surface area contributed by atoms with E-state index in [0.29, 0.717) is 23.5 Å². The maximum absolute atomic E-state index is 12.0. The number of amides is 2. The molecule has 2 rings (SSSR count). The average Bonchev–Trinajstić information content (AvgIpc) is 2.80. The van der Waals surface area contributed by atoms with E-state index in [-0.39, 0.29) is 11.7 Å². The van der Waals surface area contributed by atoms with Gasteiger partial charge in [0.1, 0.15) is 5.00 Å². The molecule has 126 valence electrons. The lowest BCUT2D eigenvalue weighted by atomic mass is 10.1. The third-order valence-corrected chi connectivity index (χ3v) is 4.66. The molecule has 0 radical (unpaired) electrons. The van der Waals surface area contributed by atoms with Gasteiger partial charge in [-0.15, -0.1) is 11.3 Å². The summed E-state index contributed by atoms with van der Waals surface area (Å²) in [5, 5.41) is 6.25. The van der Waals surface area contributed by atoms with Crippen LogP contribution in [0.5, 0.6) is 0 Å². The Kier molecular flexibility index (Phi) is 5.70. The summed E-state index contributed by atoms with van der Waals surface area (Å²) in [5.74, 6) is -0.811. The SMILES string of the molecule is Cc1sc(NC(=O)C=CCNC2=CCC(=O)C=C2)c(C(N)=O)c1C. The molecule has 24 heavy (non-hydrogen) atoms. The van der Waals surface area contributed by atoms with Crippen molar-refractivity contribution < 1.29 is 14.4 Å². The first kappa shape index (κ1) is 17.7. The minimum absolute atomic E-state index is 0.0715. The van der Waals surface area contributed by atoms with E-state index in [4.69, 9.17) is 5.73 Å². The number of carbonyl (C=O) groups excluding carboxylic acids is 3. The van der Waals surface area contributed by atoms with Crippen LogP contribution in [0.15, 0.2) is 36.1 Å². The normalized spacial score (nSPS) is 13.9. The number of rotatable bonds is 6. The molecule has 6 nitrogen and oxygen atoms in total. The van der Waals surface area contributed by atoms with E-state index in [1.807, 2.05) is 6.92 Å². The molecular weight excluding hydrogens is 326 g/mol. The van der Waals surface area contributed by atoms with Crippen molar-refractivity contribution in [2.75, 3.05) is 11.9 Å². The number of allylic oxidation sites excluding steroid dienone is 3. The van der Waals surface area contributed by atoms with E-state index >= 15 is 0 Å². The lowest BCUT2D eigenvalue weighted by Crippen LogP contribution is -2.17. The molecular formula is C17H19N3O3S. The van der Waals surface area contributed by atoms with E-state index in [2.05, 4.69) is 10.6 Å². The molecule has 0 atom stereocenters. The number of hydrogen-bond acceptors (Lipinski definition) is 5. The number of anilines is 1. The Morgan fingerprint density at radius 2 is 2.08 bits per heavy atom. The molecule has 0 spiro atoms. The molecule has 0 bridgehead atoms. The van der Waals surface area contributed by atoms with Crippen molar-refractivity contribution in [1.29, 1.82) is 0 Å². The molecule has 2 amide bonds. The summed E-state index contributed by atoms with van der Waals surface area (Å²) >= 11 is 1.33. The first-order valence-corrected chi connectivity index (χ1v) is 8.22. The molecule has 1 aromatic rings. The fourth-order valence-electron chi connectivity index (χ4n) is 2.17. The third-order valence-electron chi connectivity index (χ3n) is 3.53. The fourth-order valence-corrected chi connectivity index (χ4v) is 3.24. The van der Waals surface area contributed by atoms with Crippen LogP contribution in [0.25, 0.3) is 0 Å². The monoisotopic (exact) mass is 345 g/mol. The zero-order valence-electron chi connectivity index (χ0n) is 13.5. The van der Waals surface area contributed by atoms with Crippen molar-refractivity contribution in [2.45, 2.75) is 20.3 Å². The van der Waals surface area contributed by atoms with Gasteiger partial charge in [0, 0.05) is 29.6 Å². The summed E-state index contributed by atoms with van der Waals surface area (Å²) in [5.41, 5.74) is 7.37. The Hall–Kier alpha value is -2.67. The quantitative estimate of drug-likeness (QED) is 0.686. The second-order valence-corrected chi connectivity index (χ2v) is 6.51. The van der Waals surface area contributed by atoms with Crippen LogP contribution in [0.3, 0.4) is 0 Å². The number of primary amides is 1. The summed E-state index contributed by atoms with van der Waals surface area (Å²) in [6.07, 6.45) is 8.46. The number of nitrogens with two attached hydrogens (primary N) is 1. The van der Waals surface area contributed by atoms with Gasteiger partial charge in [0.2, 0.25) is 5.91 Å². The number of thiophene rings is 1. The van der Waals surface area contributed by atoms with Crippen LogP contribution < -0.4 is 16.4 Å². The van der Waals surface area contributed by atoms with Crippen molar-refractivity contribution in [1.82, 2.24) is 5.32 Å². The molecule has 7 heteroatoms. The van der Waals surface area contributed by atoms with Gasteiger partial charge in [-0.25, -0.2) is 0 Å². The van der Waals surface area contributed by atoms with Gasteiger partial charge >= 0.3 is 0 Å². The molecule has 1 aliphatic carbocycles. The van der Waals surface area contributed by atoms with Crippen LogP contribution in [-0.4, -0.2) is 24.1 Å². The highest BCUT2D eigenvalue weighted by atomic mass is 32.1. The van der Waals surface area contributed by atoms with Gasteiger partial charge in [-0.05, 0) is 31.6 Å². The second kappa shape index (κ2) is 7.74. The summed E-state index contributed by atoms with van der Waals surface area (Å²) in [6.45, 7) is 4.12. The molecule has 0 aromatic carbocycles. The predicted molar refractivity (Wildman–Crippen MR) is 94.9 cm³/mol. The van der Waals surface area contributed by atoms with Crippen LogP contribution in [0, 0.1) is 13.8 Å². The molecule has 0 saturated heterocycles. The Bertz CT molecular complexity index is 772. The largest absolute Gasteiger partial charge is 0.382 e. The number of carbonyl (C=O) groups is 3. The van der Waals surface area contributed by atoms with Crippen LogP contribution in [-0.2, 0) is 9.59 Å². The maximum Gasteiger partial charge on any atom is 0.251 e. The predicted octanol–water partition coefficient (Wildman–Crippen LogP) is 1.96. The van der Waals surface area contributed by atoms with Crippen LogP contribution in [0.2, 0.25) is 0 Å². The van der Waals surface area contributed by atoms with Crippen LogP contribution >= 0.6 is 11.3 Å². The number of hydrogen-bond donors (Lipinski definition) is 3. The highest BCUT2D eigenvalue weighted by Gasteiger charge is 2.18. The fraction of sp³-hybridized carbons (Fsp3) is 0.235. The molecule has 0 fully saturated rings. The summed E-state index contributed by atoms with van der Waals surface area (Å²) in [7, 11) is 0. The first-order valence-electron chi connectivity index (χ1n) is 7.40. The molecule has 0 unspecified atom stereocenters. The second-order valence-electron chi connectivity index (χ2n) is 5.29. The Labute approximate surface area is 144 Å². The molecule has 4 N–H and O–H groups in total. The molecule has 1 heterocycles. The van der Waals surface area contributed by atoms with Crippen molar-refractivity contribution in [2.24, 2.45) is 5.73 Å². The van der Waals surface area contributed by atoms with Gasteiger partial charge in [-0.1, -0.05) is 12.2 Å². The third kappa shape index (κ3) is 4.42. The summed E-state index contributed by atoms with van der Waals surface area (Å²) in [4.78, 5) is 35.5. The first-order chi connectivity index (χ1) is 11.4. The Balaban J connectivity index is 1.90. The smallest absolute Gasteiger partial charge is 0.251 e. The topological polar surface area (TPSA) is 101 Å². The Morgan fingerprint density at radius 3 is 2.71 bits per heavy atom. The Morgan fingerprint density at radius 1 is 1.33 bits per heavy atom. The van der Waals surface area contributed by atoms with Gasteiger partial charge in [0.05, 0.1) is 5.56 Å². The van der Waals surface area contributed by atoms with Crippen LogP contribution in [0.4, 0.5) is 5.00 Å². The number of nitrogens with one attached hydrogen (secondary N) is 2. The van der Waals surface area contributed by atoms with E-state index < -0.39 is 5.91 Å². The van der Waals surface area contributed by atoms with Gasteiger partial charge < -0.3 is 16.4 Å². The van der Waals surface area contributed by atoms with Crippen LogP contribution in [0.1, 0.15) is 27.2 Å². The molecule has 1 aliphatic rings. The minimum Gasteiger partial charge on any atom is -0.382 e. The van der Waals surface area contributed by atoms with Crippen molar-refractivity contribution >= 4 is 33.9 Å². The summed E-state index contributed by atoms with van der Waals surface area (Å²) < 4.78 is 0. The molecule has 0 aliphatic heterocycles. The highest BCUT2D eigenvalue weighted by molar-refractivity contribution is 7.16. The van der Waals surface area contributed by atoms with E-state index in [1.165, 1.54) is 23.5 Å².